The second kappa shape index (κ2) is 21.9. The molecule has 0 saturated heterocycles. The molecule has 0 heterocycles. The van der Waals surface area contributed by atoms with E-state index in [4.69, 9.17) is 0 Å². The van der Waals surface area contributed by atoms with Crippen molar-refractivity contribution in [2.45, 2.75) is 198 Å². The van der Waals surface area contributed by atoms with Crippen LogP contribution in [0, 0.1) is 27.7 Å². The highest BCUT2D eigenvalue weighted by Gasteiger charge is 2.33. The van der Waals surface area contributed by atoms with Crippen LogP contribution in [0.4, 0.5) is 0 Å². The monoisotopic (exact) mass is 981 g/mol. The molecule has 10 rings (SSSR count). The first kappa shape index (κ1) is 50.6. The van der Waals surface area contributed by atoms with Gasteiger partial charge in [0.05, 0.1) is 0 Å². The maximum atomic E-state index is 11.7. The van der Waals surface area contributed by atoms with E-state index < -0.39 is 0 Å². The molecule has 0 spiro atoms. The molecular weight excluding hydrogens is 901 g/mol. The Balaban J connectivity index is 1.18. The quantitative estimate of drug-likeness (QED) is 0.0680. The molecule has 384 valence electrons. The minimum absolute atomic E-state index is 0.172. The highest BCUT2D eigenvalue weighted by atomic mass is 16.3. The zero-order chi connectivity index (χ0) is 50.9. The molecule has 4 aliphatic carbocycles. The van der Waals surface area contributed by atoms with E-state index in [1.165, 1.54) is 25.7 Å². The van der Waals surface area contributed by atoms with Crippen molar-refractivity contribution in [2.24, 2.45) is 0 Å². The van der Waals surface area contributed by atoms with Crippen LogP contribution < -0.4 is 0 Å². The van der Waals surface area contributed by atoms with Gasteiger partial charge in [-0.2, -0.15) is 0 Å². The summed E-state index contributed by atoms with van der Waals surface area (Å²) in [7, 11) is 0. The van der Waals surface area contributed by atoms with Gasteiger partial charge in [0.2, 0.25) is 0 Å². The van der Waals surface area contributed by atoms with Gasteiger partial charge in [0.15, 0.2) is 0 Å². The van der Waals surface area contributed by atoms with Crippen molar-refractivity contribution in [3.05, 3.63) is 174 Å². The van der Waals surface area contributed by atoms with Gasteiger partial charge in [-0.3, -0.25) is 0 Å². The predicted octanol–water partition coefficient (Wildman–Crippen LogP) is 17.3. The summed E-state index contributed by atoms with van der Waals surface area (Å²) in [5.74, 6) is 2.08. The summed E-state index contributed by atoms with van der Waals surface area (Å²) >= 11 is 0. The third-order valence-electron chi connectivity index (χ3n) is 18.3. The standard InChI is InChI=1S/C67H80O6/c1-40-29-62(70)56(44-17-9-5-10-18-44)36-52(40)66(53-37-57(63(71)30-41(53)2)45-19-11-6-12-20-45)60-34-50(68)27-25-48(60)33-49-26-28-51(69)35-61(49)67(54-38-58(64(72)31-42(54)3)46-21-13-7-14-22-46)55-39-59(65(73)32-43(55)4)47-23-15-8-16-24-47/h25-32,34-39,44-47,66-73H,5-24,33H2,1-4H3. The number of rotatable bonds is 12. The second-order valence-corrected chi connectivity index (χ2v) is 23.2. The highest BCUT2D eigenvalue weighted by molar-refractivity contribution is 5.61. The minimum Gasteiger partial charge on any atom is -0.508 e. The summed E-state index contributed by atoms with van der Waals surface area (Å²) in [5, 5.41) is 70.2. The van der Waals surface area contributed by atoms with Gasteiger partial charge in [0.1, 0.15) is 34.5 Å². The molecule has 0 radical (unpaired) electrons. The average molecular weight is 981 g/mol. The normalized spacial score (nSPS) is 17.7. The Labute approximate surface area is 435 Å². The first-order chi connectivity index (χ1) is 35.3. The fourth-order valence-corrected chi connectivity index (χ4v) is 14.3. The van der Waals surface area contributed by atoms with Crippen LogP contribution in [0.15, 0.2) is 84.9 Å². The van der Waals surface area contributed by atoms with E-state index >= 15 is 0 Å². The lowest BCUT2D eigenvalue weighted by Gasteiger charge is -2.31. The molecule has 0 atom stereocenters. The number of phenolic OH excluding ortho intramolecular Hbond substituents is 6. The molecule has 6 aromatic carbocycles. The number of hydrogen-bond acceptors (Lipinski definition) is 6. The van der Waals surface area contributed by atoms with Gasteiger partial charge in [-0.05, 0) is 247 Å². The Kier molecular flexibility index (Phi) is 15.2. The van der Waals surface area contributed by atoms with Gasteiger partial charge in [0.25, 0.3) is 0 Å². The van der Waals surface area contributed by atoms with Gasteiger partial charge in [-0.1, -0.05) is 113 Å². The summed E-state index contributed by atoms with van der Waals surface area (Å²) in [6.45, 7) is 8.38. The van der Waals surface area contributed by atoms with Crippen LogP contribution in [-0.2, 0) is 6.42 Å². The van der Waals surface area contributed by atoms with E-state index in [-0.39, 0.29) is 47.0 Å². The minimum atomic E-state index is -0.348. The Morgan fingerprint density at radius 3 is 0.808 bits per heavy atom. The fourth-order valence-electron chi connectivity index (χ4n) is 14.3. The summed E-state index contributed by atoms with van der Waals surface area (Å²) in [6, 6.07) is 28.5. The lowest BCUT2D eigenvalue weighted by atomic mass is 9.73. The van der Waals surface area contributed by atoms with Gasteiger partial charge >= 0.3 is 0 Å². The van der Waals surface area contributed by atoms with Crippen molar-refractivity contribution in [1.29, 1.82) is 0 Å². The van der Waals surface area contributed by atoms with E-state index in [1.807, 2.05) is 36.4 Å². The third kappa shape index (κ3) is 10.6. The first-order valence-electron chi connectivity index (χ1n) is 28.3. The number of hydrogen-bond donors (Lipinski definition) is 6. The molecule has 6 aromatic rings. The van der Waals surface area contributed by atoms with Crippen LogP contribution in [0.2, 0.25) is 0 Å². The molecule has 6 N–H and O–H groups in total. The zero-order valence-corrected chi connectivity index (χ0v) is 44.1. The first-order valence-corrected chi connectivity index (χ1v) is 28.3. The van der Waals surface area contributed by atoms with E-state index in [0.717, 1.165) is 192 Å². The van der Waals surface area contributed by atoms with Crippen LogP contribution in [0.25, 0.3) is 0 Å². The van der Waals surface area contributed by atoms with Gasteiger partial charge in [-0.15, -0.1) is 0 Å². The molecular formula is C67H80O6. The van der Waals surface area contributed by atoms with Crippen molar-refractivity contribution in [1.82, 2.24) is 0 Å². The molecule has 0 aliphatic heterocycles. The van der Waals surface area contributed by atoms with Crippen molar-refractivity contribution in [3.63, 3.8) is 0 Å². The Hall–Kier alpha value is -5.88. The topological polar surface area (TPSA) is 121 Å². The number of aryl methyl sites for hydroxylation is 4. The average Bonchev–Trinajstić information content (AvgIpc) is 3.39. The van der Waals surface area contributed by atoms with Crippen molar-refractivity contribution >= 4 is 0 Å². The molecule has 0 unspecified atom stereocenters. The molecule has 0 aromatic heterocycles. The Morgan fingerprint density at radius 1 is 0.315 bits per heavy atom. The zero-order valence-electron chi connectivity index (χ0n) is 44.1. The van der Waals surface area contributed by atoms with Crippen LogP contribution in [0.5, 0.6) is 34.5 Å². The Bertz CT molecular complexity index is 2590. The van der Waals surface area contributed by atoms with Crippen LogP contribution in [0.3, 0.4) is 0 Å². The largest absolute Gasteiger partial charge is 0.508 e. The molecule has 73 heavy (non-hydrogen) atoms. The third-order valence-corrected chi connectivity index (χ3v) is 18.3. The van der Waals surface area contributed by atoms with Gasteiger partial charge in [0, 0.05) is 11.8 Å². The second-order valence-electron chi connectivity index (χ2n) is 23.2. The highest BCUT2D eigenvalue weighted by Crippen LogP contribution is 2.50. The maximum absolute atomic E-state index is 11.7. The summed E-state index contributed by atoms with van der Waals surface area (Å²) in [4.78, 5) is 0. The summed E-state index contributed by atoms with van der Waals surface area (Å²) in [6.07, 6.45) is 22.8. The summed E-state index contributed by atoms with van der Waals surface area (Å²) in [5.41, 5.74) is 16.2. The lowest BCUT2D eigenvalue weighted by molar-refractivity contribution is 0.413. The number of phenols is 6. The SMILES string of the molecule is Cc1cc(O)c(C2CCCCC2)cc1C(c1cc(C2CCCCC2)c(O)cc1C)c1cc(O)ccc1Cc1ccc(O)cc1C(c1cc(C2CCCCC2)c(O)cc1C)c1cc(C2CCCCC2)c(O)cc1C. The molecule has 4 aliphatic rings. The van der Waals surface area contributed by atoms with Crippen LogP contribution in [-0.4, -0.2) is 30.6 Å². The molecule has 0 bridgehead atoms. The molecule has 6 nitrogen and oxygen atoms in total. The van der Waals surface area contributed by atoms with Crippen LogP contribution in [0.1, 0.15) is 253 Å². The van der Waals surface area contributed by atoms with E-state index in [0.29, 0.717) is 29.4 Å². The van der Waals surface area contributed by atoms with Crippen molar-refractivity contribution in [3.8, 4) is 34.5 Å². The molecule has 6 heteroatoms. The van der Waals surface area contributed by atoms with Crippen LogP contribution >= 0.6 is 0 Å². The number of aromatic hydroxyl groups is 6. The smallest absolute Gasteiger partial charge is 0.119 e. The summed E-state index contributed by atoms with van der Waals surface area (Å²) < 4.78 is 0. The maximum Gasteiger partial charge on any atom is 0.119 e. The lowest BCUT2D eigenvalue weighted by Crippen LogP contribution is -2.15. The van der Waals surface area contributed by atoms with E-state index in [2.05, 4.69) is 64.1 Å². The fraction of sp³-hybridized carbons (Fsp3) is 0.463. The molecule has 4 fully saturated rings. The Morgan fingerprint density at radius 2 is 0.562 bits per heavy atom. The predicted molar refractivity (Wildman–Crippen MR) is 296 cm³/mol. The van der Waals surface area contributed by atoms with Gasteiger partial charge < -0.3 is 30.6 Å². The molecule has 4 saturated carbocycles. The van der Waals surface area contributed by atoms with Crippen molar-refractivity contribution < 1.29 is 30.6 Å². The van der Waals surface area contributed by atoms with Gasteiger partial charge in [-0.25, -0.2) is 0 Å². The number of benzene rings is 6. The molecule has 0 amide bonds. The van der Waals surface area contributed by atoms with E-state index in [9.17, 15) is 30.6 Å². The van der Waals surface area contributed by atoms with Crippen molar-refractivity contribution in [2.75, 3.05) is 0 Å². The van der Waals surface area contributed by atoms with E-state index in [1.54, 1.807) is 12.1 Å².